The second-order valence-corrected chi connectivity index (χ2v) is 5.85. The van der Waals surface area contributed by atoms with Gasteiger partial charge in [0.25, 0.3) is 5.56 Å². The highest BCUT2D eigenvalue weighted by molar-refractivity contribution is 7.71. The Morgan fingerprint density at radius 1 is 1.29 bits per heavy atom. The third-order valence-electron chi connectivity index (χ3n) is 4.12. The average molecular weight is 304 g/mol. The van der Waals surface area contributed by atoms with Crippen LogP contribution in [0.1, 0.15) is 48.5 Å². The molecule has 2 aromatic rings. The number of nitrogens with zero attached hydrogens (tertiary/aromatic N) is 1. The van der Waals surface area contributed by atoms with Crippen molar-refractivity contribution in [3.8, 4) is 0 Å². The van der Waals surface area contributed by atoms with Crippen molar-refractivity contribution in [3.05, 3.63) is 38.9 Å². The van der Waals surface area contributed by atoms with E-state index in [4.69, 9.17) is 17.3 Å². The molecule has 1 aromatic carbocycles. The van der Waals surface area contributed by atoms with Crippen LogP contribution in [-0.2, 0) is 0 Å². The summed E-state index contributed by atoms with van der Waals surface area (Å²) in [4.78, 5) is 26.7. The van der Waals surface area contributed by atoms with Gasteiger partial charge in [0.05, 0.1) is 16.5 Å². The highest BCUT2D eigenvalue weighted by Gasteiger charge is 2.19. The largest absolute Gasteiger partial charge is 0.478 e. The number of aromatic amines is 1. The third kappa shape index (κ3) is 2.51. The van der Waals surface area contributed by atoms with Crippen molar-refractivity contribution in [1.29, 1.82) is 0 Å². The molecule has 1 aliphatic carbocycles. The maximum atomic E-state index is 12.7. The second kappa shape index (κ2) is 5.44. The average Bonchev–Trinajstić information content (AvgIpc) is 2.47. The number of benzene rings is 1. The van der Waals surface area contributed by atoms with E-state index in [0.717, 1.165) is 25.7 Å². The van der Waals surface area contributed by atoms with E-state index in [1.807, 2.05) is 0 Å². The van der Waals surface area contributed by atoms with E-state index in [1.165, 1.54) is 18.6 Å². The Hall–Kier alpha value is -1.95. The van der Waals surface area contributed by atoms with Crippen LogP contribution in [0.5, 0.6) is 0 Å². The molecule has 1 heterocycles. The molecular formula is C15H16N2O3S. The van der Waals surface area contributed by atoms with Gasteiger partial charge in [0.2, 0.25) is 0 Å². The van der Waals surface area contributed by atoms with Crippen molar-refractivity contribution in [1.82, 2.24) is 9.55 Å². The van der Waals surface area contributed by atoms with Gasteiger partial charge in [-0.25, -0.2) is 4.79 Å². The highest BCUT2D eigenvalue weighted by atomic mass is 32.1. The van der Waals surface area contributed by atoms with Crippen molar-refractivity contribution in [2.75, 3.05) is 0 Å². The van der Waals surface area contributed by atoms with E-state index in [0.29, 0.717) is 15.7 Å². The minimum atomic E-state index is -1.02. The summed E-state index contributed by atoms with van der Waals surface area (Å²) in [6.45, 7) is 0. The number of carbonyl (C=O) groups is 1. The van der Waals surface area contributed by atoms with Crippen LogP contribution in [-0.4, -0.2) is 20.6 Å². The lowest BCUT2D eigenvalue weighted by molar-refractivity contribution is 0.0697. The number of H-pyrrole nitrogens is 1. The van der Waals surface area contributed by atoms with Gasteiger partial charge in [-0.3, -0.25) is 9.36 Å². The first-order valence-corrected chi connectivity index (χ1v) is 7.50. The van der Waals surface area contributed by atoms with Gasteiger partial charge in [-0.15, -0.1) is 0 Å². The van der Waals surface area contributed by atoms with Gasteiger partial charge in [0.1, 0.15) is 0 Å². The summed E-state index contributed by atoms with van der Waals surface area (Å²) < 4.78 is 2.04. The number of hydrogen-bond donors (Lipinski definition) is 2. The normalized spacial score (nSPS) is 16.2. The first kappa shape index (κ1) is 14.0. The molecule has 0 bridgehead atoms. The molecule has 0 spiro atoms. The Balaban J connectivity index is 2.19. The maximum absolute atomic E-state index is 12.7. The van der Waals surface area contributed by atoms with Crippen LogP contribution in [0, 0.1) is 4.77 Å². The Labute approximate surface area is 126 Å². The Morgan fingerprint density at radius 3 is 2.67 bits per heavy atom. The summed E-state index contributed by atoms with van der Waals surface area (Å²) in [5, 5.41) is 9.50. The molecule has 0 atom stereocenters. The Kier molecular flexibility index (Phi) is 3.63. The predicted molar refractivity (Wildman–Crippen MR) is 82.5 cm³/mol. The van der Waals surface area contributed by atoms with Crippen molar-refractivity contribution in [3.63, 3.8) is 0 Å². The fourth-order valence-corrected chi connectivity index (χ4v) is 3.38. The Bertz CT molecular complexity index is 816. The molecule has 1 aliphatic rings. The van der Waals surface area contributed by atoms with Gasteiger partial charge in [-0.05, 0) is 43.3 Å². The van der Waals surface area contributed by atoms with Crippen LogP contribution in [0.2, 0.25) is 0 Å². The van der Waals surface area contributed by atoms with E-state index in [-0.39, 0.29) is 17.2 Å². The van der Waals surface area contributed by atoms with E-state index in [2.05, 4.69) is 4.98 Å². The zero-order valence-corrected chi connectivity index (χ0v) is 12.3. The number of fused-ring (bicyclic) bond motifs is 1. The van der Waals surface area contributed by atoms with Crippen LogP contribution in [0.3, 0.4) is 0 Å². The minimum absolute atomic E-state index is 0.127. The minimum Gasteiger partial charge on any atom is -0.478 e. The number of carboxylic acids is 1. The molecule has 0 aliphatic heterocycles. The summed E-state index contributed by atoms with van der Waals surface area (Å²) in [6.07, 6.45) is 5.37. The summed E-state index contributed by atoms with van der Waals surface area (Å²) in [5.41, 5.74) is 0.498. The molecule has 0 saturated heterocycles. The van der Waals surface area contributed by atoms with Gasteiger partial charge in [0, 0.05) is 6.04 Å². The van der Waals surface area contributed by atoms with Gasteiger partial charge >= 0.3 is 5.97 Å². The van der Waals surface area contributed by atoms with Crippen LogP contribution < -0.4 is 5.56 Å². The fraction of sp³-hybridized carbons (Fsp3) is 0.400. The van der Waals surface area contributed by atoms with E-state index < -0.39 is 5.97 Å². The number of aromatic nitrogens is 2. The zero-order chi connectivity index (χ0) is 15.0. The van der Waals surface area contributed by atoms with Crippen molar-refractivity contribution in [2.24, 2.45) is 0 Å². The Morgan fingerprint density at radius 2 is 2.00 bits per heavy atom. The summed E-state index contributed by atoms with van der Waals surface area (Å²) in [6, 6.07) is 4.62. The van der Waals surface area contributed by atoms with Gasteiger partial charge in [-0.1, -0.05) is 19.3 Å². The SMILES string of the molecule is O=C(O)c1ccc2c(=O)n(C3CCCCC3)c(=S)[nH]c2c1. The highest BCUT2D eigenvalue weighted by Crippen LogP contribution is 2.27. The van der Waals surface area contributed by atoms with Crippen LogP contribution in [0.4, 0.5) is 0 Å². The molecule has 0 radical (unpaired) electrons. The topological polar surface area (TPSA) is 75.1 Å². The summed E-state index contributed by atoms with van der Waals surface area (Å²) in [7, 11) is 0. The molecule has 21 heavy (non-hydrogen) atoms. The van der Waals surface area contributed by atoms with E-state index in [9.17, 15) is 9.59 Å². The number of rotatable bonds is 2. The molecule has 1 aromatic heterocycles. The number of carboxylic acid groups (broad SMARTS) is 1. The van der Waals surface area contributed by atoms with Crippen LogP contribution in [0.15, 0.2) is 23.0 Å². The maximum Gasteiger partial charge on any atom is 0.335 e. The molecule has 6 heteroatoms. The molecule has 0 amide bonds. The smallest absolute Gasteiger partial charge is 0.335 e. The summed E-state index contributed by atoms with van der Waals surface area (Å²) in [5.74, 6) is -1.02. The monoisotopic (exact) mass is 304 g/mol. The molecule has 1 fully saturated rings. The van der Waals surface area contributed by atoms with E-state index >= 15 is 0 Å². The quantitative estimate of drug-likeness (QED) is 0.835. The van der Waals surface area contributed by atoms with Gasteiger partial charge in [-0.2, -0.15) is 0 Å². The van der Waals surface area contributed by atoms with Gasteiger partial charge < -0.3 is 10.1 Å². The zero-order valence-electron chi connectivity index (χ0n) is 11.5. The first-order valence-electron chi connectivity index (χ1n) is 7.10. The van der Waals surface area contributed by atoms with Crippen molar-refractivity contribution < 1.29 is 9.90 Å². The lowest BCUT2D eigenvalue weighted by Gasteiger charge is -2.24. The summed E-state index contributed by atoms with van der Waals surface area (Å²) >= 11 is 5.32. The third-order valence-corrected chi connectivity index (χ3v) is 4.41. The lowest BCUT2D eigenvalue weighted by Crippen LogP contribution is -2.28. The predicted octanol–water partition coefficient (Wildman–Crippen LogP) is 3.26. The first-order chi connectivity index (χ1) is 10.1. The van der Waals surface area contributed by atoms with Crippen molar-refractivity contribution >= 4 is 29.1 Å². The van der Waals surface area contributed by atoms with E-state index in [1.54, 1.807) is 10.6 Å². The molecule has 0 unspecified atom stereocenters. The second-order valence-electron chi connectivity index (χ2n) is 5.46. The number of aromatic carboxylic acids is 1. The van der Waals surface area contributed by atoms with Crippen LogP contribution >= 0.6 is 12.2 Å². The molecule has 1 saturated carbocycles. The molecule has 2 N–H and O–H groups in total. The van der Waals surface area contributed by atoms with Crippen LogP contribution in [0.25, 0.3) is 10.9 Å². The van der Waals surface area contributed by atoms with Gasteiger partial charge in [0.15, 0.2) is 4.77 Å². The lowest BCUT2D eigenvalue weighted by atomic mass is 9.95. The number of nitrogens with one attached hydrogen (secondary N) is 1. The molecular weight excluding hydrogens is 288 g/mol. The molecule has 3 rings (SSSR count). The fourth-order valence-electron chi connectivity index (χ4n) is 3.04. The standard InChI is InChI=1S/C15H16N2O3S/c18-13-11-7-6-9(14(19)20)8-12(11)16-15(21)17(13)10-4-2-1-3-5-10/h6-8,10H,1-5H2,(H,16,21)(H,19,20). The van der Waals surface area contributed by atoms with Crippen molar-refractivity contribution in [2.45, 2.75) is 38.1 Å². The molecule has 5 nitrogen and oxygen atoms in total. The number of hydrogen-bond acceptors (Lipinski definition) is 3. The molecule has 110 valence electrons.